The predicted molar refractivity (Wildman–Crippen MR) is 120 cm³/mol. The number of allylic oxidation sites excluding steroid dienone is 3. The maximum Gasteiger partial charge on any atom is 0.132 e. The Balaban J connectivity index is 1.53. The molecule has 3 nitrogen and oxygen atoms in total. The van der Waals surface area contributed by atoms with Crippen LogP contribution in [0.1, 0.15) is 54.6 Å². The van der Waals surface area contributed by atoms with E-state index in [1.165, 1.54) is 22.9 Å². The quantitative estimate of drug-likeness (QED) is 0.562. The van der Waals surface area contributed by atoms with Gasteiger partial charge in [0, 0.05) is 18.2 Å². The van der Waals surface area contributed by atoms with Gasteiger partial charge in [-0.05, 0) is 81.0 Å². The first kappa shape index (κ1) is 19.1. The van der Waals surface area contributed by atoms with Gasteiger partial charge in [-0.1, -0.05) is 30.4 Å². The number of hydrogen-bond acceptors (Lipinski definition) is 2. The minimum atomic E-state index is -0.181. The summed E-state index contributed by atoms with van der Waals surface area (Å²) in [5, 5.41) is 0. The Morgan fingerprint density at radius 1 is 1.20 bits per heavy atom. The van der Waals surface area contributed by atoms with Gasteiger partial charge in [0.15, 0.2) is 0 Å². The van der Waals surface area contributed by atoms with Crippen LogP contribution in [0, 0.1) is 19.7 Å². The number of halogens is 1. The fourth-order valence-corrected chi connectivity index (χ4v) is 5.01. The van der Waals surface area contributed by atoms with E-state index in [1.807, 2.05) is 6.07 Å². The van der Waals surface area contributed by atoms with E-state index < -0.39 is 0 Å². The Bertz CT molecular complexity index is 1170. The zero-order valence-electron chi connectivity index (χ0n) is 17.9. The summed E-state index contributed by atoms with van der Waals surface area (Å²) in [7, 11) is 0. The second kappa shape index (κ2) is 7.12. The zero-order valence-corrected chi connectivity index (χ0v) is 17.9. The summed E-state index contributed by atoms with van der Waals surface area (Å²) in [6.07, 6.45) is 9.83. The maximum absolute atomic E-state index is 13.8. The van der Waals surface area contributed by atoms with Crippen LogP contribution in [0.25, 0.3) is 11.0 Å². The van der Waals surface area contributed by atoms with Crippen molar-refractivity contribution in [3.8, 4) is 0 Å². The fraction of sp³-hybridized carbons (Fsp3) is 0.346. The van der Waals surface area contributed by atoms with Crippen molar-refractivity contribution in [1.82, 2.24) is 14.9 Å². The van der Waals surface area contributed by atoms with Gasteiger partial charge in [-0.25, -0.2) is 9.37 Å². The number of H-pyrrole nitrogens is 1. The molecule has 2 aliphatic rings. The molecule has 0 saturated carbocycles. The Kier molecular flexibility index (Phi) is 4.53. The highest BCUT2D eigenvalue weighted by Gasteiger charge is 2.41. The van der Waals surface area contributed by atoms with Gasteiger partial charge in [-0.15, -0.1) is 0 Å². The number of hydrogen-bond donors (Lipinski definition) is 1. The second-order valence-corrected chi connectivity index (χ2v) is 8.91. The largest absolute Gasteiger partial charge is 0.359 e. The monoisotopic (exact) mass is 401 g/mol. The molecule has 0 spiro atoms. The molecular formula is C26H28FN3. The number of aromatic nitrogens is 2. The van der Waals surface area contributed by atoms with Crippen LogP contribution in [0.15, 0.2) is 60.3 Å². The molecule has 1 aromatic heterocycles. The lowest BCUT2D eigenvalue weighted by molar-refractivity contribution is 0.200. The smallest absolute Gasteiger partial charge is 0.132 e. The normalized spacial score (nSPS) is 23.9. The van der Waals surface area contributed by atoms with Crippen molar-refractivity contribution in [3.63, 3.8) is 0 Å². The lowest BCUT2D eigenvalue weighted by atomic mass is 9.90. The lowest BCUT2D eigenvalue weighted by Crippen LogP contribution is -2.39. The molecule has 1 unspecified atom stereocenters. The number of likely N-dealkylation sites (tertiary alicyclic amines) is 1. The number of nitrogens with zero attached hydrogens (tertiary/aromatic N) is 2. The van der Waals surface area contributed by atoms with E-state index in [0.29, 0.717) is 0 Å². The average molecular weight is 402 g/mol. The first-order valence-electron chi connectivity index (χ1n) is 10.8. The fourth-order valence-electron chi connectivity index (χ4n) is 5.01. The van der Waals surface area contributed by atoms with Crippen molar-refractivity contribution < 1.29 is 4.39 Å². The highest BCUT2D eigenvalue weighted by Crippen LogP contribution is 2.42. The molecule has 154 valence electrons. The number of benzene rings is 2. The molecule has 0 amide bonds. The van der Waals surface area contributed by atoms with Crippen LogP contribution >= 0.6 is 0 Å². The van der Waals surface area contributed by atoms with E-state index in [2.05, 4.69) is 61.0 Å². The van der Waals surface area contributed by atoms with Gasteiger partial charge in [0.25, 0.3) is 0 Å². The van der Waals surface area contributed by atoms with Crippen LogP contribution in [0.4, 0.5) is 4.39 Å². The molecule has 4 heteroatoms. The number of aromatic amines is 1. The Labute approximate surface area is 177 Å². The number of rotatable bonds is 3. The number of fused-ring (bicyclic) bond motifs is 1. The van der Waals surface area contributed by atoms with Crippen LogP contribution in [-0.2, 0) is 5.54 Å². The third-order valence-corrected chi connectivity index (χ3v) is 6.97. The molecule has 1 saturated heterocycles. The molecule has 0 bridgehead atoms. The molecule has 0 radical (unpaired) electrons. The molecule has 30 heavy (non-hydrogen) atoms. The number of nitrogens with one attached hydrogen (secondary N) is 1. The minimum Gasteiger partial charge on any atom is -0.359 e. The topological polar surface area (TPSA) is 31.9 Å². The Morgan fingerprint density at radius 2 is 2.07 bits per heavy atom. The summed E-state index contributed by atoms with van der Waals surface area (Å²) < 4.78 is 13.8. The Morgan fingerprint density at radius 3 is 2.90 bits per heavy atom. The summed E-state index contributed by atoms with van der Waals surface area (Å²) in [5.41, 5.74) is 6.75. The summed E-state index contributed by atoms with van der Waals surface area (Å²) in [6.45, 7) is 7.57. The van der Waals surface area contributed by atoms with Crippen LogP contribution < -0.4 is 0 Å². The third kappa shape index (κ3) is 3.06. The predicted octanol–water partition coefficient (Wildman–Crippen LogP) is 6.26. The van der Waals surface area contributed by atoms with Crippen molar-refractivity contribution in [2.24, 2.45) is 0 Å². The number of imidazole rings is 1. The van der Waals surface area contributed by atoms with Crippen molar-refractivity contribution in [3.05, 3.63) is 88.7 Å². The summed E-state index contributed by atoms with van der Waals surface area (Å²) in [6, 6.07) is 11.3. The van der Waals surface area contributed by atoms with E-state index in [0.717, 1.165) is 48.2 Å². The van der Waals surface area contributed by atoms with Gasteiger partial charge in [0.2, 0.25) is 0 Å². The first-order valence-corrected chi connectivity index (χ1v) is 10.8. The molecule has 1 aliphatic carbocycles. The summed E-state index contributed by atoms with van der Waals surface area (Å²) in [4.78, 5) is 11.2. The van der Waals surface area contributed by atoms with Crippen LogP contribution in [0.3, 0.4) is 0 Å². The maximum atomic E-state index is 13.8. The molecule has 2 heterocycles. The molecule has 3 aromatic rings. The van der Waals surface area contributed by atoms with Gasteiger partial charge < -0.3 is 9.88 Å². The van der Waals surface area contributed by atoms with Crippen molar-refractivity contribution in [2.45, 2.75) is 51.5 Å². The molecule has 1 aliphatic heterocycles. The van der Waals surface area contributed by atoms with E-state index in [-0.39, 0.29) is 17.3 Å². The summed E-state index contributed by atoms with van der Waals surface area (Å²) >= 11 is 0. The molecule has 2 atom stereocenters. The van der Waals surface area contributed by atoms with Crippen LogP contribution in [0.5, 0.6) is 0 Å². The highest BCUT2D eigenvalue weighted by molar-refractivity contribution is 5.80. The van der Waals surface area contributed by atoms with Crippen molar-refractivity contribution >= 4 is 11.0 Å². The average Bonchev–Trinajstić information content (AvgIpc) is 3.36. The van der Waals surface area contributed by atoms with Gasteiger partial charge in [-0.2, -0.15) is 0 Å². The van der Waals surface area contributed by atoms with Gasteiger partial charge >= 0.3 is 0 Å². The van der Waals surface area contributed by atoms with Crippen LogP contribution in [-0.4, -0.2) is 21.4 Å². The molecular weight excluding hydrogens is 373 g/mol. The third-order valence-electron chi connectivity index (χ3n) is 6.97. The molecule has 1 N–H and O–H groups in total. The van der Waals surface area contributed by atoms with Gasteiger partial charge in [-0.3, -0.25) is 0 Å². The lowest BCUT2D eigenvalue weighted by Gasteiger charge is -2.37. The van der Waals surface area contributed by atoms with Crippen LogP contribution in [0.2, 0.25) is 0 Å². The molecule has 5 rings (SSSR count). The molecule has 2 aromatic carbocycles. The van der Waals surface area contributed by atoms with E-state index >= 15 is 0 Å². The SMILES string of the molecule is Cc1ccc2[nH]c([C@]3(C)CCCN3C3=CC(c4cccc(F)c4)CC=C3)nc2c1C. The van der Waals surface area contributed by atoms with Crippen molar-refractivity contribution in [2.75, 3.05) is 6.54 Å². The standard InChI is InChI=1S/C26H28FN3/c1-17-11-12-23-24(18(17)2)29-25(28-23)26(3)13-6-14-30(26)22-10-5-8-20(16-22)19-7-4-9-21(27)15-19/h4-5,7,9-12,15-16,20H,6,8,13-14H2,1-3H3,(H,28,29)/t20?,26-/m0/s1. The number of aryl methyl sites for hydroxylation is 2. The molecule has 1 fully saturated rings. The van der Waals surface area contributed by atoms with Gasteiger partial charge in [0.1, 0.15) is 11.6 Å². The zero-order chi connectivity index (χ0) is 20.9. The van der Waals surface area contributed by atoms with E-state index in [4.69, 9.17) is 4.98 Å². The summed E-state index contributed by atoms with van der Waals surface area (Å²) in [5.74, 6) is 1.06. The minimum absolute atomic E-state index is 0.170. The van der Waals surface area contributed by atoms with Crippen molar-refractivity contribution in [1.29, 1.82) is 0 Å². The Hall–Kier alpha value is -2.88. The highest BCUT2D eigenvalue weighted by atomic mass is 19.1. The van der Waals surface area contributed by atoms with E-state index in [9.17, 15) is 4.39 Å². The van der Waals surface area contributed by atoms with Gasteiger partial charge in [0.05, 0.1) is 16.6 Å². The van der Waals surface area contributed by atoms with E-state index in [1.54, 1.807) is 12.1 Å². The second-order valence-electron chi connectivity index (χ2n) is 8.91. The first-order chi connectivity index (χ1) is 14.5.